The van der Waals surface area contributed by atoms with Gasteiger partial charge in [-0.05, 0) is 36.8 Å². The van der Waals surface area contributed by atoms with E-state index in [1.54, 1.807) is 6.07 Å². The molecule has 2 aromatic carbocycles. The molecule has 2 aliphatic rings. The van der Waals surface area contributed by atoms with Gasteiger partial charge in [-0.3, -0.25) is 4.79 Å². The van der Waals surface area contributed by atoms with Crippen molar-refractivity contribution in [2.75, 3.05) is 37.9 Å². The first kappa shape index (κ1) is 18.6. The van der Waals surface area contributed by atoms with Gasteiger partial charge in [0.1, 0.15) is 5.82 Å². The zero-order valence-corrected chi connectivity index (χ0v) is 15.9. The molecule has 28 heavy (non-hydrogen) atoms. The molecule has 0 bridgehead atoms. The Balaban J connectivity index is 1.28. The number of piperazine rings is 1. The van der Waals surface area contributed by atoms with E-state index in [9.17, 15) is 9.18 Å². The van der Waals surface area contributed by atoms with Gasteiger partial charge in [0.2, 0.25) is 6.79 Å². The van der Waals surface area contributed by atoms with Crippen molar-refractivity contribution in [3.8, 4) is 11.5 Å². The lowest BCUT2D eigenvalue weighted by Gasteiger charge is -2.36. The van der Waals surface area contributed by atoms with Crippen molar-refractivity contribution in [2.24, 2.45) is 0 Å². The van der Waals surface area contributed by atoms with Gasteiger partial charge in [0.05, 0.1) is 31.9 Å². The number of nitrogens with one attached hydrogen (secondary N) is 2. The van der Waals surface area contributed by atoms with Crippen molar-refractivity contribution >= 4 is 11.6 Å². The van der Waals surface area contributed by atoms with E-state index in [1.165, 1.54) is 11.0 Å². The molecule has 1 saturated heterocycles. The number of anilines is 1. The molecule has 1 atom stereocenters. The van der Waals surface area contributed by atoms with Crippen LogP contribution in [0.3, 0.4) is 0 Å². The van der Waals surface area contributed by atoms with Gasteiger partial charge in [-0.2, -0.15) is 0 Å². The fraction of sp³-hybridized carbons (Fsp3) is 0.381. The Morgan fingerprint density at radius 3 is 2.71 bits per heavy atom. The van der Waals surface area contributed by atoms with E-state index in [-0.39, 0.29) is 24.6 Å². The average Bonchev–Trinajstić information content (AvgIpc) is 3.20. The predicted octanol–water partition coefficient (Wildman–Crippen LogP) is 0.964. The SMILES string of the molecule is C[C@H](C(=O)NCc1ccc2c(c1)OCO2)[NH+]1CCN(c2ccccc2F)CC1. The molecule has 0 aromatic heterocycles. The van der Waals surface area contributed by atoms with E-state index in [0.717, 1.165) is 43.2 Å². The number of carbonyl (C=O) groups is 1. The Bertz CT molecular complexity index is 853. The highest BCUT2D eigenvalue weighted by molar-refractivity contribution is 5.79. The maximum absolute atomic E-state index is 14.0. The molecule has 2 heterocycles. The standard InChI is InChI=1S/C21H24FN3O3/c1-15(21(26)23-13-16-6-7-19-20(12-16)28-14-27-19)24-8-10-25(11-9-24)18-5-3-2-4-17(18)22/h2-7,12,15H,8-11,13-14H2,1H3,(H,23,26)/p+1/t15-/m1/s1. The molecule has 6 nitrogen and oxygen atoms in total. The smallest absolute Gasteiger partial charge is 0.278 e. The molecule has 2 aromatic rings. The fourth-order valence-corrected chi connectivity index (χ4v) is 3.75. The van der Waals surface area contributed by atoms with Crippen LogP contribution in [0.4, 0.5) is 10.1 Å². The molecule has 0 unspecified atom stereocenters. The van der Waals surface area contributed by atoms with Crippen LogP contribution in [0.5, 0.6) is 11.5 Å². The number of halogens is 1. The van der Waals surface area contributed by atoms with Gasteiger partial charge in [0, 0.05) is 6.54 Å². The predicted molar refractivity (Wildman–Crippen MR) is 103 cm³/mol. The number of nitrogens with zero attached hydrogens (tertiary/aromatic N) is 1. The highest BCUT2D eigenvalue weighted by Crippen LogP contribution is 2.32. The first-order chi connectivity index (χ1) is 13.6. The summed E-state index contributed by atoms with van der Waals surface area (Å²) in [5, 5.41) is 3.01. The number of quaternary nitrogens is 1. The van der Waals surface area contributed by atoms with Crippen LogP contribution in [-0.4, -0.2) is 44.9 Å². The van der Waals surface area contributed by atoms with Crippen LogP contribution in [0.25, 0.3) is 0 Å². The number of rotatable bonds is 5. The van der Waals surface area contributed by atoms with Crippen LogP contribution < -0.4 is 24.6 Å². The molecular formula is C21H25FN3O3+. The molecule has 0 saturated carbocycles. The quantitative estimate of drug-likeness (QED) is 0.804. The number of benzene rings is 2. The number of amides is 1. The second-order valence-corrected chi connectivity index (χ2v) is 7.22. The summed E-state index contributed by atoms with van der Waals surface area (Å²) < 4.78 is 24.7. The lowest BCUT2D eigenvalue weighted by atomic mass is 10.1. The zero-order valence-electron chi connectivity index (χ0n) is 15.9. The summed E-state index contributed by atoms with van der Waals surface area (Å²) in [6.45, 7) is 5.70. The molecule has 1 amide bonds. The summed E-state index contributed by atoms with van der Waals surface area (Å²) in [5.41, 5.74) is 1.62. The van der Waals surface area contributed by atoms with E-state index < -0.39 is 0 Å². The highest BCUT2D eigenvalue weighted by Gasteiger charge is 2.29. The van der Waals surface area contributed by atoms with Crippen LogP contribution in [0.15, 0.2) is 42.5 Å². The maximum atomic E-state index is 14.0. The van der Waals surface area contributed by atoms with Crippen molar-refractivity contribution < 1.29 is 23.6 Å². The minimum atomic E-state index is -0.194. The van der Waals surface area contributed by atoms with Crippen molar-refractivity contribution in [3.63, 3.8) is 0 Å². The van der Waals surface area contributed by atoms with E-state index in [1.807, 2.05) is 37.3 Å². The summed E-state index contributed by atoms with van der Waals surface area (Å²) in [7, 11) is 0. The van der Waals surface area contributed by atoms with Gasteiger partial charge in [-0.1, -0.05) is 18.2 Å². The lowest BCUT2D eigenvalue weighted by molar-refractivity contribution is -0.914. The first-order valence-corrected chi connectivity index (χ1v) is 9.62. The second-order valence-electron chi connectivity index (χ2n) is 7.22. The molecule has 2 aliphatic heterocycles. The van der Waals surface area contributed by atoms with Gasteiger partial charge >= 0.3 is 0 Å². The van der Waals surface area contributed by atoms with Crippen molar-refractivity contribution in [1.29, 1.82) is 0 Å². The Morgan fingerprint density at radius 1 is 1.18 bits per heavy atom. The van der Waals surface area contributed by atoms with E-state index >= 15 is 0 Å². The largest absolute Gasteiger partial charge is 0.454 e. The Kier molecular flexibility index (Phi) is 5.34. The molecule has 4 rings (SSSR count). The Labute approximate surface area is 163 Å². The number of hydrogen-bond donors (Lipinski definition) is 2. The van der Waals surface area contributed by atoms with Crippen molar-refractivity contribution in [2.45, 2.75) is 19.5 Å². The fourth-order valence-electron chi connectivity index (χ4n) is 3.75. The highest BCUT2D eigenvalue weighted by atomic mass is 19.1. The second kappa shape index (κ2) is 8.06. The van der Waals surface area contributed by atoms with Crippen LogP contribution in [0, 0.1) is 5.82 Å². The number of fused-ring (bicyclic) bond motifs is 1. The Hall–Kier alpha value is -2.80. The third-order valence-electron chi connectivity index (χ3n) is 5.51. The van der Waals surface area contributed by atoms with Gasteiger partial charge < -0.3 is 24.6 Å². The number of carbonyl (C=O) groups excluding carboxylic acids is 1. The van der Waals surface area contributed by atoms with Crippen molar-refractivity contribution in [3.05, 3.63) is 53.8 Å². The zero-order chi connectivity index (χ0) is 19.5. The summed E-state index contributed by atoms with van der Waals surface area (Å²) in [6, 6.07) is 12.4. The first-order valence-electron chi connectivity index (χ1n) is 9.62. The van der Waals surface area contributed by atoms with Crippen LogP contribution in [0.2, 0.25) is 0 Å². The molecule has 0 spiro atoms. The normalized spacial score (nSPS) is 17.4. The molecule has 7 heteroatoms. The van der Waals surface area contributed by atoms with Crippen molar-refractivity contribution in [1.82, 2.24) is 5.32 Å². The van der Waals surface area contributed by atoms with E-state index in [4.69, 9.17) is 9.47 Å². The molecule has 0 radical (unpaired) electrons. The topological polar surface area (TPSA) is 55.2 Å². The Morgan fingerprint density at radius 2 is 1.93 bits per heavy atom. The van der Waals surface area contributed by atoms with Crippen LogP contribution in [-0.2, 0) is 11.3 Å². The van der Waals surface area contributed by atoms with Gasteiger partial charge in [0.25, 0.3) is 5.91 Å². The van der Waals surface area contributed by atoms with Crippen LogP contribution in [0.1, 0.15) is 12.5 Å². The summed E-state index contributed by atoms with van der Waals surface area (Å²) in [6.07, 6.45) is 0. The molecule has 1 fully saturated rings. The van der Waals surface area contributed by atoms with Gasteiger partial charge in [-0.15, -0.1) is 0 Å². The number of para-hydroxylation sites is 1. The summed E-state index contributed by atoms with van der Waals surface area (Å²) in [4.78, 5) is 15.9. The van der Waals surface area contributed by atoms with Crippen LogP contribution >= 0.6 is 0 Å². The lowest BCUT2D eigenvalue weighted by Crippen LogP contribution is -3.19. The third kappa shape index (κ3) is 3.89. The summed E-state index contributed by atoms with van der Waals surface area (Å²) in [5.74, 6) is 1.28. The maximum Gasteiger partial charge on any atom is 0.278 e. The summed E-state index contributed by atoms with van der Waals surface area (Å²) >= 11 is 0. The molecule has 2 N–H and O–H groups in total. The molecule has 0 aliphatic carbocycles. The monoisotopic (exact) mass is 386 g/mol. The molecule has 148 valence electrons. The average molecular weight is 386 g/mol. The number of ether oxygens (including phenoxy) is 2. The third-order valence-corrected chi connectivity index (χ3v) is 5.51. The minimum Gasteiger partial charge on any atom is -0.454 e. The van der Waals surface area contributed by atoms with Gasteiger partial charge in [-0.25, -0.2) is 4.39 Å². The molecular weight excluding hydrogens is 361 g/mol. The van der Waals surface area contributed by atoms with E-state index in [0.29, 0.717) is 12.2 Å². The minimum absolute atomic E-state index is 0.0204. The van der Waals surface area contributed by atoms with Gasteiger partial charge in [0.15, 0.2) is 17.5 Å². The number of hydrogen-bond acceptors (Lipinski definition) is 4. The van der Waals surface area contributed by atoms with E-state index in [2.05, 4.69) is 10.2 Å².